The van der Waals surface area contributed by atoms with E-state index in [0.29, 0.717) is 6.42 Å². The molecule has 4 nitrogen and oxygen atoms in total. The van der Waals surface area contributed by atoms with Crippen LogP contribution < -0.4 is 4.90 Å². The summed E-state index contributed by atoms with van der Waals surface area (Å²) in [7, 11) is 0. The van der Waals surface area contributed by atoms with Gasteiger partial charge >= 0.3 is 5.97 Å². The fourth-order valence-electron chi connectivity index (χ4n) is 2.91. The van der Waals surface area contributed by atoms with Gasteiger partial charge in [0.15, 0.2) is 6.61 Å². The first-order valence-electron chi connectivity index (χ1n) is 7.50. The average molecular weight is 331 g/mol. The Labute approximate surface area is 137 Å². The minimum atomic E-state index is -1.20. The molecule has 2 aromatic rings. The topological polar surface area (TPSA) is 46.6 Å². The van der Waals surface area contributed by atoms with Crippen molar-refractivity contribution in [2.75, 3.05) is 11.5 Å². The molecule has 124 valence electrons. The van der Waals surface area contributed by atoms with Gasteiger partial charge in [0.1, 0.15) is 17.2 Å². The largest absolute Gasteiger partial charge is 0.452 e. The van der Waals surface area contributed by atoms with Crippen LogP contribution in [0.1, 0.15) is 22.8 Å². The number of hydrogen-bond acceptors (Lipinski definition) is 3. The van der Waals surface area contributed by atoms with E-state index in [1.54, 1.807) is 4.90 Å². The van der Waals surface area contributed by atoms with Gasteiger partial charge in [0.25, 0.3) is 5.91 Å². The molecule has 0 spiro atoms. The first-order valence-corrected chi connectivity index (χ1v) is 7.50. The molecule has 1 aliphatic rings. The molecule has 0 radical (unpaired) electrons. The molecule has 1 atom stereocenters. The van der Waals surface area contributed by atoms with E-state index in [1.807, 2.05) is 31.2 Å². The minimum absolute atomic E-state index is 0.0706. The van der Waals surface area contributed by atoms with Crippen LogP contribution in [-0.4, -0.2) is 24.5 Å². The Morgan fingerprint density at radius 1 is 1.12 bits per heavy atom. The molecule has 3 rings (SSSR count). The van der Waals surface area contributed by atoms with Crippen molar-refractivity contribution in [1.82, 2.24) is 0 Å². The second kappa shape index (κ2) is 6.39. The molecule has 0 aliphatic carbocycles. The first kappa shape index (κ1) is 16.1. The van der Waals surface area contributed by atoms with E-state index in [2.05, 4.69) is 0 Å². The SMILES string of the molecule is C[C@H]1Cc2ccccc2N1C(=O)COC(=O)c1c(F)cccc1F. The molecular weight excluding hydrogens is 316 g/mol. The van der Waals surface area contributed by atoms with Crippen LogP contribution >= 0.6 is 0 Å². The van der Waals surface area contributed by atoms with Crippen molar-refractivity contribution >= 4 is 17.6 Å². The Hall–Kier alpha value is -2.76. The number of benzene rings is 2. The number of amides is 1. The molecule has 0 aromatic heterocycles. The lowest BCUT2D eigenvalue weighted by molar-refractivity contribution is -0.122. The Bertz CT molecular complexity index is 786. The van der Waals surface area contributed by atoms with Gasteiger partial charge < -0.3 is 9.64 Å². The average Bonchev–Trinajstić information content (AvgIpc) is 2.88. The highest BCUT2D eigenvalue weighted by molar-refractivity contribution is 5.99. The normalized spacial score (nSPS) is 16.0. The zero-order valence-electron chi connectivity index (χ0n) is 13.0. The number of carbonyl (C=O) groups excluding carboxylic acids is 2. The minimum Gasteiger partial charge on any atom is -0.452 e. The Kier molecular flexibility index (Phi) is 4.29. The molecule has 6 heteroatoms. The highest BCUT2D eigenvalue weighted by atomic mass is 19.1. The van der Waals surface area contributed by atoms with Gasteiger partial charge in [-0.05, 0) is 37.1 Å². The Balaban J connectivity index is 1.71. The summed E-state index contributed by atoms with van der Waals surface area (Å²) in [4.78, 5) is 25.8. The summed E-state index contributed by atoms with van der Waals surface area (Å²) in [5.41, 5.74) is 1.01. The van der Waals surface area contributed by atoms with Crippen molar-refractivity contribution in [3.05, 3.63) is 65.2 Å². The van der Waals surface area contributed by atoms with E-state index in [-0.39, 0.29) is 6.04 Å². The zero-order valence-corrected chi connectivity index (χ0v) is 13.0. The molecule has 0 bridgehead atoms. The number of esters is 1. The lowest BCUT2D eigenvalue weighted by Crippen LogP contribution is -2.38. The van der Waals surface area contributed by atoms with Crippen LogP contribution in [0.15, 0.2) is 42.5 Å². The number of rotatable bonds is 3. The van der Waals surface area contributed by atoms with Crippen molar-refractivity contribution in [3.63, 3.8) is 0 Å². The lowest BCUT2D eigenvalue weighted by atomic mass is 10.1. The molecule has 1 aliphatic heterocycles. The van der Waals surface area contributed by atoms with E-state index in [4.69, 9.17) is 4.74 Å². The number of hydrogen-bond donors (Lipinski definition) is 0. The first-order chi connectivity index (χ1) is 11.5. The van der Waals surface area contributed by atoms with E-state index in [9.17, 15) is 18.4 Å². The van der Waals surface area contributed by atoms with Gasteiger partial charge in [0.05, 0.1) is 0 Å². The third kappa shape index (κ3) is 2.87. The number of para-hydroxylation sites is 1. The van der Waals surface area contributed by atoms with Crippen molar-refractivity contribution in [3.8, 4) is 0 Å². The molecular formula is C18H15F2NO3. The number of halogens is 2. The maximum absolute atomic E-state index is 13.5. The second-order valence-electron chi connectivity index (χ2n) is 5.62. The van der Waals surface area contributed by atoms with Gasteiger partial charge in [0, 0.05) is 11.7 Å². The van der Waals surface area contributed by atoms with Crippen molar-refractivity contribution in [2.24, 2.45) is 0 Å². The van der Waals surface area contributed by atoms with Crippen LogP contribution in [-0.2, 0) is 16.0 Å². The predicted octanol–water partition coefficient (Wildman–Crippen LogP) is 3.10. The van der Waals surface area contributed by atoms with Crippen LogP contribution in [0, 0.1) is 11.6 Å². The Morgan fingerprint density at radius 2 is 1.79 bits per heavy atom. The standard InChI is InChI=1S/C18H15F2NO3/c1-11-9-12-5-2-3-8-15(12)21(11)16(22)10-24-18(23)17-13(19)6-4-7-14(17)20/h2-8,11H,9-10H2,1H3/t11-/m0/s1. The highest BCUT2D eigenvalue weighted by Gasteiger charge is 2.31. The van der Waals surface area contributed by atoms with E-state index < -0.39 is 35.7 Å². The van der Waals surface area contributed by atoms with Crippen molar-refractivity contribution in [2.45, 2.75) is 19.4 Å². The summed E-state index contributed by atoms with van der Waals surface area (Å²) >= 11 is 0. The fraction of sp³-hybridized carbons (Fsp3) is 0.222. The van der Waals surface area contributed by atoms with Gasteiger partial charge in [-0.25, -0.2) is 13.6 Å². The zero-order chi connectivity index (χ0) is 17.3. The summed E-state index contributed by atoms with van der Waals surface area (Å²) < 4.78 is 31.9. The molecule has 0 unspecified atom stereocenters. The number of nitrogens with zero attached hydrogens (tertiary/aromatic N) is 1. The van der Waals surface area contributed by atoms with E-state index in [1.165, 1.54) is 0 Å². The number of anilines is 1. The molecule has 2 aromatic carbocycles. The van der Waals surface area contributed by atoms with E-state index in [0.717, 1.165) is 29.4 Å². The number of fused-ring (bicyclic) bond motifs is 1. The van der Waals surface area contributed by atoms with Gasteiger partial charge in [-0.3, -0.25) is 4.79 Å². The van der Waals surface area contributed by atoms with Crippen LogP contribution in [0.25, 0.3) is 0 Å². The van der Waals surface area contributed by atoms with Gasteiger partial charge in [-0.15, -0.1) is 0 Å². The van der Waals surface area contributed by atoms with Crippen LogP contribution in [0.5, 0.6) is 0 Å². The van der Waals surface area contributed by atoms with Gasteiger partial charge in [0.2, 0.25) is 0 Å². The monoisotopic (exact) mass is 331 g/mol. The molecule has 24 heavy (non-hydrogen) atoms. The maximum atomic E-state index is 13.5. The Morgan fingerprint density at radius 3 is 2.50 bits per heavy atom. The van der Waals surface area contributed by atoms with Crippen LogP contribution in [0.4, 0.5) is 14.5 Å². The van der Waals surface area contributed by atoms with Crippen LogP contribution in [0.2, 0.25) is 0 Å². The molecule has 1 heterocycles. The summed E-state index contributed by atoms with van der Waals surface area (Å²) in [6, 6.07) is 10.4. The summed E-state index contributed by atoms with van der Waals surface area (Å²) in [6.45, 7) is 1.31. The number of carbonyl (C=O) groups is 2. The highest BCUT2D eigenvalue weighted by Crippen LogP contribution is 2.31. The summed E-state index contributed by atoms with van der Waals surface area (Å²) in [5, 5.41) is 0. The molecule has 0 saturated carbocycles. The lowest BCUT2D eigenvalue weighted by Gasteiger charge is -2.22. The predicted molar refractivity (Wildman–Crippen MR) is 83.7 cm³/mol. The van der Waals surface area contributed by atoms with Gasteiger partial charge in [-0.1, -0.05) is 24.3 Å². The molecule has 0 N–H and O–H groups in total. The fourth-order valence-corrected chi connectivity index (χ4v) is 2.91. The van der Waals surface area contributed by atoms with Crippen molar-refractivity contribution < 1.29 is 23.1 Å². The molecule has 0 fully saturated rings. The van der Waals surface area contributed by atoms with Gasteiger partial charge in [-0.2, -0.15) is 0 Å². The maximum Gasteiger partial charge on any atom is 0.344 e. The van der Waals surface area contributed by atoms with Crippen molar-refractivity contribution in [1.29, 1.82) is 0 Å². The third-order valence-corrected chi connectivity index (χ3v) is 3.97. The second-order valence-corrected chi connectivity index (χ2v) is 5.62. The van der Waals surface area contributed by atoms with Crippen LogP contribution in [0.3, 0.4) is 0 Å². The molecule has 1 amide bonds. The molecule has 0 saturated heterocycles. The quantitative estimate of drug-likeness (QED) is 0.812. The third-order valence-electron chi connectivity index (χ3n) is 3.97. The smallest absolute Gasteiger partial charge is 0.344 e. The number of ether oxygens (including phenoxy) is 1. The summed E-state index contributed by atoms with van der Waals surface area (Å²) in [5.74, 6) is -3.67. The summed E-state index contributed by atoms with van der Waals surface area (Å²) in [6.07, 6.45) is 0.706. The van der Waals surface area contributed by atoms with E-state index >= 15 is 0 Å².